The van der Waals surface area contributed by atoms with Crippen molar-refractivity contribution in [1.82, 2.24) is 9.88 Å². The number of rotatable bonds is 4. The number of piperazine rings is 1. The number of benzene rings is 2. The quantitative estimate of drug-likeness (QED) is 0.577. The highest BCUT2D eigenvalue weighted by molar-refractivity contribution is 9.10. The van der Waals surface area contributed by atoms with E-state index in [0.717, 1.165) is 10.3 Å². The van der Waals surface area contributed by atoms with Gasteiger partial charge < -0.3 is 24.6 Å². The molecule has 33 heavy (non-hydrogen) atoms. The van der Waals surface area contributed by atoms with Crippen LogP contribution in [0.25, 0.3) is 0 Å². The summed E-state index contributed by atoms with van der Waals surface area (Å²) in [6.45, 7) is 2.79. The number of anilines is 2. The molecule has 0 spiro atoms. The van der Waals surface area contributed by atoms with E-state index in [-0.39, 0.29) is 18.6 Å². The van der Waals surface area contributed by atoms with E-state index in [1.54, 1.807) is 24.4 Å². The minimum absolute atomic E-state index is 0.0329. The fourth-order valence-corrected chi connectivity index (χ4v) is 4.23. The van der Waals surface area contributed by atoms with Gasteiger partial charge in [0.25, 0.3) is 11.8 Å². The van der Waals surface area contributed by atoms with Crippen LogP contribution in [0.2, 0.25) is 0 Å². The van der Waals surface area contributed by atoms with Crippen LogP contribution >= 0.6 is 15.9 Å². The molecule has 5 rings (SSSR count). The predicted molar refractivity (Wildman–Crippen MR) is 127 cm³/mol. The molecule has 9 heteroatoms. The molecule has 8 nitrogen and oxygen atoms in total. The zero-order valence-corrected chi connectivity index (χ0v) is 19.2. The molecular formula is C24H21BrN4O4. The average molecular weight is 509 g/mol. The number of hydrogen-bond acceptors (Lipinski definition) is 6. The number of hydrogen-bond donors (Lipinski definition) is 1. The van der Waals surface area contributed by atoms with E-state index in [9.17, 15) is 9.59 Å². The number of amides is 2. The molecule has 2 aromatic carbocycles. The van der Waals surface area contributed by atoms with Gasteiger partial charge in [-0.1, -0.05) is 22.0 Å². The lowest BCUT2D eigenvalue weighted by atomic mass is 10.2. The van der Waals surface area contributed by atoms with Gasteiger partial charge >= 0.3 is 0 Å². The lowest BCUT2D eigenvalue weighted by Gasteiger charge is -2.35. The van der Waals surface area contributed by atoms with Gasteiger partial charge in [0.05, 0.1) is 11.9 Å². The van der Waals surface area contributed by atoms with Crippen molar-refractivity contribution in [2.75, 3.05) is 43.2 Å². The zero-order valence-electron chi connectivity index (χ0n) is 17.7. The summed E-state index contributed by atoms with van der Waals surface area (Å²) in [4.78, 5) is 33.8. The first kappa shape index (κ1) is 21.3. The predicted octanol–water partition coefficient (Wildman–Crippen LogP) is 3.79. The van der Waals surface area contributed by atoms with Crippen LogP contribution in [0.5, 0.6) is 11.5 Å². The van der Waals surface area contributed by atoms with E-state index in [2.05, 4.69) is 31.1 Å². The fraction of sp³-hybridized carbons (Fsp3) is 0.208. The van der Waals surface area contributed by atoms with Gasteiger partial charge in [-0.15, -0.1) is 0 Å². The van der Waals surface area contributed by atoms with Gasteiger partial charge in [0.2, 0.25) is 6.79 Å². The van der Waals surface area contributed by atoms with Crippen molar-refractivity contribution >= 4 is 39.2 Å². The standard InChI is InChI=1S/C24H21BrN4O4/c25-18-3-1-2-17(12-18)24(31)29-10-8-28(9-11-29)22-7-5-19(14-26-22)27-23(30)16-4-6-20-21(13-16)33-15-32-20/h1-7,12-14H,8-11,15H2,(H,27,30). The van der Waals surface area contributed by atoms with E-state index < -0.39 is 0 Å². The highest BCUT2D eigenvalue weighted by Crippen LogP contribution is 2.32. The molecular weight excluding hydrogens is 488 g/mol. The number of fused-ring (bicyclic) bond motifs is 1. The molecule has 1 fully saturated rings. The van der Waals surface area contributed by atoms with E-state index in [1.807, 2.05) is 41.3 Å². The maximum Gasteiger partial charge on any atom is 0.255 e. The molecule has 1 N–H and O–H groups in total. The highest BCUT2D eigenvalue weighted by Gasteiger charge is 2.23. The summed E-state index contributed by atoms with van der Waals surface area (Å²) in [7, 11) is 0. The minimum Gasteiger partial charge on any atom is -0.454 e. The molecule has 0 saturated carbocycles. The van der Waals surface area contributed by atoms with E-state index >= 15 is 0 Å². The van der Waals surface area contributed by atoms with Gasteiger partial charge in [-0.3, -0.25) is 9.59 Å². The second-order valence-corrected chi connectivity index (χ2v) is 8.63. The van der Waals surface area contributed by atoms with Crippen molar-refractivity contribution in [2.45, 2.75) is 0 Å². The molecule has 0 unspecified atom stereocenters. The van der Waals surface area contributed by atoms with Gasteiger partial charge in [0, 0.05) is 41.8 Å². The lowest BCUT2D eigenvalue weighted by molar-refractivity contribution is 0.0746. The van der Waals surface area contributed by atoms with Gasteiger partial charge in [0.1, 0.15) is 5.82 Å². The molecule has 1 saturated heterocycles. The number of nitrogens with zero attached hydrogens (tertiary/aromatic N) is 3. The van der Waals surface area contributed by atoms with E-state index in [4.69, 9.17) is 9.47 Å². The third-order valence-corrected chi connectivity index (χ3v) is 6.10. The first-order valence-electron chi connectivity index (χ1n) is 10.5. The van der Waals surface area contributed by atoms with E-state index in [1.165, 1.54) is 0 Å². The summed E-state index contributed by atoms with van der Waals surface area (Å²) in [6, 6.07) is 16.2. The largest absolute Gasteiger partial charge is 0.454 e. The molecule has 2 amide bonds. The average Bonchev–Trinajstić information content (AvgIpc) is 3.32. The molecule has 168 valence electrons. The number of aromatic nitrogens is 1. The number of pyridine rings is 1. The number of carbonyl (C=O) groups excluding carboxylic acids is 2. The summed E-state index contributed by atoms with van der Waals surface area (Å²) < 4.78 is 11.5. The Kier molecular flexibility index (Phi) is 5.87. The molecule has 1 aromatic heterocycles. The molecule has 0 aliphatic carbocycles. The summed E-state index contributed by atoms with van der Waals surface area (Å²) in [5.41, 5.74) is 1.76. The normalized spacial score (nSPS) is 14.8. The van der Waals surface area contributed by atoms with Crippen molar-refractivity contribution in [3.8, 4) is 11.5 Å². The third-order valence-electron chi connectivity index (χ3n) is 5.60. The van der Waals surface area contributed by atoms with Crippen LogP contribution in [0.15, 0.2) is 65.3 Å². The smallest absolute Gasteiger partial charge is 0.255 e. The second-order valence-electron chi connectivity index (χ2n) is 7.72. The molecule has 0 atom stereocenters. The van der Waals surface area contributed by atoms with Crippen molar-refractivity contribution in [1.29, 1.82) is 0 Å². The fourth-order valence-electron chi connectivity index (χ4n) is 3.83. The number of carbonyl (C=O) groups is 2. The van der Waals surface area contributed by atoms with Crippen LogP contribution in [-0.4, -0.2) is 54.7 Å². The van der Waals surface area contributed by atoms with E-state index in [0.29, 0.717) is 54.5 Å². The summed E-state index contributed by atoms with van der Waals surface area (Å²) >= 11 is 3.42. The summed E-state index contributed by atoms with van der Waals surface area (Å²) in [6.07, 6.45) is 1.64. The Morgan fingerprint density at radius 2 is 1.73 bits per heavy atom. The van der Waals surface area contributed by atoms with Gasteiger partial charge in [-0.25, -0.2) is 4.98 Å². The van der Waals surface area contributed by atoms with Crippen molar-refractivity contribution in [3.05, 3.63) is 76.4 Å². The Balaban J connectivity index is 1.17. The van der Waals surface area contributed by atoms with Crippen molar-refractivity contribution in [3.63, 3.8) is 0 Å². The molecule has 2 aliphatic heterocycles. The number of halogens is 1. The maximum atomic E-state index is 12.7. The second kappa shape index (κ2) is 9.11. The van der Waals surface area contributed by atoms with Crippen molar-refractivity contribution < 1.29 is 19.1 Å². The maximum absolute atomic E-state index is 12.7. The van der Waals surface area contributed by atoms with Crippen LogP contribution in [0.3, 0.4) is 0 Å². The first-order valence-corrected chi connectivity index (χ1v) is 11.3. The van der Waals surface area contributed by atoms with Crippen LogP contribution < -0.4 is 19.7 Å². The minimum atomic E-state index is -0.248. The Morgan fingerprint density at radius 3 is 2.48 bits per heavy atom. The molecule has 0 bridgehead atoms. The Labute approximate surface area is 199 Å². The molecule has 2 aliphatic rings. The Hall–Kier alpha value is -3.59. The summed E-state index contributed by atoms with van der Waals surface area (Å²) in [5, 5.41) is 2.85. The molecule has 3 heterocycles. The van der Waals surface area contributed by atoms with Crippen LogP contribution in [0.4, 0.5) is 11.5 Å². The van der Waals surface area contributed by atoms with Gasteiger partial charge in [0.15, 0.2) is 11.5 Å². The Morgan fingerprint density at radius 1 is 0.909 bits per heavy atom. The monoisotopic (exact) mass is 508 g/mol. The van der Waals surface area contributed by atoms with Crippen LogP contribution in [0, 0.1) is 0 Å². The number of ether oxygens (including phenoxy) is 2. The van der Waals surface area contributed by atoms with Crippen LogP contribution in [-0.2, 0) is 0 Å². The highest BCUT2D eigenvalue weighted by atomic mass is 79.9. The first-order chi connectivity index (χ1) is 16.1. The summed E-state index contributed by atoms with van der Waals surface area (Å²) in [5.74, 6) is 1.79. The molecule has 3 aromatic rings. The number of nitrogens with one attached hydrogen (secondary N) is 1. The lowest BCUT2D eigenvalue weighted by Crippen LogP contribution is -2.49. The molecule has 0 radical (unpaired) electrons. The zero-order chi connectivity index (χ0) is 22.8. The third kappa shape index (κ3) is 4.63. The Bertz CT molecular complexity index is 1190. The van der Waals surface area contributed by atoms with Crippen molar-refractivity contribution in [2.24, 2.45) is 0 Å². The SMILES string of the molecule is O=C(Nc1ccc(N2CCN(C(=O)c3cccc(Br)c3)CC2)nc1)c1ccc2c(c1)OCO2. The topological polar surface area (TPSA) is 84.0 Å². The van der Waals surface area contributed by atoms with Gasteiger partial charge in [-0.2, -0.15) is 0 Å². The van der Waals surface area contributed by atoms with Crippen LogP contribution in [0.1, 0.15) is 20.7 Å². The van der Waals surface area contributed by atoms with Gasteiger partial charge in [-0.05, 0) is 48.5 Å².